The second-order valence-corrected chi connectivity index (χ2v) is 3.06. The molecule has 0 saturated heterocycles. The number of benzene rings is 1. The predicted molar refractivity (Wildman–Crippen MR) is 53.4 cm³/mol. The third-order valence-corrected chi connectivity index (χ3v) is 2.01. The first-order valence-electron chi connectivity index (χ1n) is 3.90. The Hall–Kier alpha value is -1.53. The molecule has 0 aliphatic rings. The molecule has 0 fully saturated rings. The molecule has 72 valence electrons. The second kappa shape index (κ2) is 4.64. The zero-order chi connectivity index (χ0) is 10.6. The van der Waals surface area contributed by atoms with Gasteiger partial charge in [0.15, 0.2) is 0 Å². The lowest BCUT2D eigenvalue weighted by atomic mass is 10.1. The zero-order valence-corrected chi connectivity index (χ0v) is 8.34. The summed E-state index contributed by atoms with van der Waals surface area (Å²) in [4.78, 5) is 14.1. The molecule has 0 radical (unpaired) electrons. The molecule has 0 aromatic heterocycles. The lowest BCUT2D eigenvalue weighted by molar-refractivity contribution is -0.139. The number of esters is 1. The van der Waals surface area contributed by atoms with Gasteiger partial charge < -0.3 is 4.74 Å². The standard InChI is InChI=1S/C10H8ClNO2/c1-12-9-4-3-7(5-8(9)11)6-10(13)14-2/h3-5H,6H2,2H3. The summed E-state index contributed by atoms with van der Waals surface area (Å²) >= 11 is 5.79. The van der Waals surface area contributed by atoms with Crippen molar-refractivity contribution in [2.45, 2.75) is 6.42 Å². The number of carbonyl (C=O) groups is 1. The fraction of sp³-hybridized carbons (Fsp3) is 0.200. The fourth-order valence-electron chi connectivity index (χ4n) is 0.990. The van der Waals surface area contributed by atoms with Crippen LogP contribution in [0.4, 0.5) is 5.69 Å². The van der Waals surface area contributed by atoms with Crippen molar-refractivity contribution in [3.63, 3.8) is 0 Å². The Morgan fingerprint density at radius 2 is 2.36 bits per heavy atom. The number of ether oxygens (including phenoxy) is 1. The van der Waals surface area contributed by atoms with E-state index in [4.69, 9.17) is 18.2 Å². The molecule has 1 rings (SSSR count). The van der Waals surface area contributed by atoms with Crippen LogP contribution in [-0.4, -0.2) is 13.1 Å². The first-order chi connectivity index (χ1) is 6.67. The van der Waals surface area contributed by atoms with Gasteiger partial charge in [-0.1, -0.05) is 29.8 Å². The first-order valence-corrected chi connectivity index (χ1v) is 4.28. The quantitative estimate of drug-likeness (QED) is 0.554. The van der Waals surface area contributed by atoms with E-state index in [0.29, 0.717) is 10.7 Å². The van der Waals surface area contributed by atoms with Gasteiger partial charge in [-0.2, -0.15) is 0 Å². The molecule has 0 unspecified atom stereocenters. The lowest BCUT2D eigenvalue weighted by Crippen LogP contribution is -2.04. The van der Waals surface area contributed by atoms with Crippen molar-refractivity contribution >= 4 is 23.3 Å². The van der Waals surface area contributed by atoms with E-state index in [2.05, 4.69) is 9.58 Å². The van der Waals surface area contributed by atoms with Crippen molar-refractivity contribution in [3.05, 3.63) is 40.2 Å². The maximum atomic E-state index is 10.9. The van der Waals surface area contributed by atoms with Crippen molar-refractivity contribution in [1.82, 2.24) is 0 Å². The molecule has 0 heterocycles. The van der Waals surface area contributed by atoms with Gasteiger partial charge in [0.2, 0.25) is 5.69 Å². The highest BCUT2D eigenvalue weighted by atomic mass is 35.5. The maximum absolute atomic E-state index is 10.9. The van der Waals surface area contributed by atoms with Crippen molar-refractivity contribution in [1.29, 1.82) is 0 Å². The summed E-state index contributed by atoms with van der Waals surface area (Å²) in [5, 5.41) is 0.362. The molecule has 0 N–H and O–H groups in total. The Bertz CT molecular complexity index is 396. The van der Waals surface area contributed by atoms with Gasteiger partial charge in [0, 0.05) is 5.02 Å². The zero-order valence-electron chi connectivity index (χ0n) is 7.58. The number of nitrogens with zero attached hydrogens (tertiary/aromatic N) is 1. The number of rotatable bonds is 2. The van der Waals surface area contributed by atoms with E-state index in [1.807, 2.05) is 0 Å². The first kappa shape index (κ1) is 10.6. The summed E-state index contributed by atoms with van der Waals surface area (Å²) < 4.78 is 4.51. The van der Waals surface area contributed by atoms with Crippen molar-refractivity contribution in [2.75, 3.05) is 7.11 Å². The molecule has 1 aromatic rings. The van der Waals surface area contributed by atoms with Crippen molar-refractivity contribution in [2.24, 2.45) is 0 Å². The van der Waals surface area contributed by atoms with E-state index >= 15 is 0 Å². The Labute approximate surface area is 87.1 Å². The summed E-state index contributed by atoms with van der Waals surface area (Å²) in [6.07, 6.45) is 0.175. The molecule has 0 bridgehead atoms. The molecule has 0 atom stereocenters. The van der Waals surface area contributed by atoms with Crippen LogP contribution in [0.15, 0.2) is 18.2 Å². The van der Waals surface area contributed by atoms with Crippen LogP contribution in [0, 0.1) is 6.57 Å². The largest absolute Gasteiger partial charge is 0.469 e. The van der Waals surface area contributed by atoms with Gasteiger partial charge in [0.25, 0.3) is 0 Å². The van der Waals surface area contributed by atoms with Crippen LogP contribution in [0.2, 0.25) is 5.02 Å². The molecular weight excluding hydrogens is 202 g/mol. The smallest absolute Gasteiger partial charge is 0.309 e. The molecule has 0 amide bonds. The van der Waals surface area contributed by atoms with Crippen LogP contribution in [-0.2, 0) is 16.0 Å². The molecule has 3 nitrogen and oxygen atoms in total. The number of hydrogen-bond donors (Lipinski definition) is 0. The van der Waals surface area contributed by atoms with Crippen LogP contribution < -0.4 is 0 Å². The van der Waals surface area contributed by atoms with Crippen LogP contribution in [0.25, 0.3) is 4.85 Å². The average molecular weight is 210 g/mol. The molecule has 0 aliphatic heterocycles. The van der Waals surface area contributed by atoms with Crippen LogP contribution in [0.3, 0.4) is 0 Å². The number of methoxy groups -OCH3 is 1. The summed E-state index contributed by atoms with van der Waals surface area (Å²) in [6.45, 7) is 6.78. The highest BCUT2D eigenvalue weighted by molar-refractivity contribution is 6.33. The summed E-state index contributed by atoms with van der Waals surface area (Å²) in [7, 11) is 1.33. The van der Waals surface area contributed by atoms with Gasteiger partial charge in [-0.15, -0.1) is 0 Å². The third kappa shape index (κ3) is 2.48. The van der Waals surface area contributed by atoms with E-state index in [-0.39, 0.29) is 12.4 Å². The van der Waals surface area contributed by atoms with E-state index in [1.165, 1.54) is 7.11 Å². The molecule has 0 saturated carbocycles. The normalized spacial score (nSPS) is 9.21. The second-order valence-electron chi connectivity index (χ2n) is 2.65. The Morgan fingerprint density at radius 3 is 2.86 bits per heavy atom. The molecular formula is C10H8ClNO2. The highest BCUT2D eigenvalue weighted by Gasteiger charge is 2.05. The molecule has 14 heavy (non-hydrogen) atoms. The minimum atomic E-state index is -0.323. The van der Waals surface area contributed by atoms with E-state index in [1.54, 1.807) is 18.2 Å². The van der Waals surface area contributed by atoms with Gasteiger partial charge in [0.1, 0.15) is 0 Å². The van der Waals surface area contributed by atoms with Gasteiger partial charge >= 0.3 is 5.97 Å². The lowest BCUT2D eigenvalue weighted by Gasteiger charge is -2.01. The van der Waals surface area contributed by atoms with E-state index < -0.39 is 0 Å². The maximum Gasteiger partial charge on any atom is 0.309 e. The molecule has 0 spiro atoms. The topological polar surface area (TPSA) is 30.7 Å². The van der Waals surface area contributed by atoms with Gasteiger partial charge in [-0.3, -0.25) is 4.79 Å². The summed E-state index contributed by atoms with van der Waals surface area (Å²) in [5.41, 5.74) is 1.13. The monoisotopic (exact) mass is 209 g/mol. The highest BCUT2D eigenvalue weighted by Crippen LogP contribution is 2.25. The summed E-state index contributed by atoms with van der Waals surface area (Å²) in [6, 6.07) is 4.88. The Balaban J connectivity index is 2.88. The fourth-order valence-corrected chi connectivity index (χ4v) is 1.24. The SMILES string of the molecule is [C-]#[N+]c1ccc(CC(=O)OC)cc1Cl. The van der Waals surface area contributed by atoms with Gasteiger partial charge in [-0.25, -0.2) is 4.85 Å². The van der Waals surface area contributed by atoms with Crippen molar-refractivity contribution in [3.8, 4) is 0 Å². The van der Waals surface area contributed by atoms with Gasteiger partial charge in [0.05, 0.1) is 20.1 Å². The number of hydrogen-bond acceptors (Lipinski definition) is 2. The van der Waals surface area contributed by atoms with E-state index in [9.17, 15) is 4.79 Å². The third-order valence-electron chi connectivity index (χ3n) is 1.71. The van der Waals surface area contributed by atoms with Crippen LogP contribution >= 0.6 is 11.6 Å². The molecule has 1 aromatic carbocycles. The number of halogens is 1. The molecule has 0 aliphatic carbocycles. The predicted octanol–water partition coefficient (Wildman–Crippen LogP) is 2.61. The van der Waals surface area contributed by atoms with E-state index in [0.717, 1.165) is 5.56 Å². The Kier molecular flexibility index (Phi) is 3.49. The number of carbonyl (C=O) groups excluding carboxylic acids is 1. The summed E-state index contributed by atoms with van der Waals surface area (Å²) in [5.74, 6) is -0.323. The van der Waals surface area contributed by atoms with Crippen molar-refractivity contribution < 1.29 is 9.53 Å². The Morgan fingerprint density at radius 1 is 1.64 bits per heavy atom. The van der Waals surface area contributed by atoms with Crippen LogP contribution in [0.1, 0.15) is 5.56 Å². The average Bonchev–Trinajstić information content (AvgIpc) is 2.18. The molecule has 4 heteroatoms. The van der Waals surface area contributed by atoms with Gasteiger partial charge in [-0.05, 0) is 5.56 Å². The van der Waals surface area contributed by atoms with Crippen LogP contribution in [0.5, 0.6) is 0 Å². The minimum absolute atomic E-state index is 0.175. The minimum Gasteiger partial charge on any atom is -0.469 e.